The van der Waals surface area contributed by atoms with Gasteiger partial charge in [0, 0.05) is 45.3 Å². The number of hydrogen-bond acceptors (Lipinski definition) is 5. The number of rotatable bonds is 5. The van der Waals surface area contributed by atoms with Crippen LogP contribution >= 0.6 is 0 Å². The molecular formula is C15H23N5O2. The van der Waals surface area contributed by atoms with E-state index in [1.54, 1.807) is 22.8 Å². The van der Waals surface area contributed by atoms with Crippen molar-refractivity contribution in [2.45, 2.75) is 20.8 Å². The largest absolute Gasteiger partial charge is 0.353 e. The van der Waals surface area contributed by atoms with Gasteiger partial charge in [0.15, 0.2) is 0 Å². The Morgan fingerprint density at radius 1 is 1.23 bits per heavy atom. The summed E-state index contributed by atoms with van der Waals surface area (Å²) in [6, 6.07) is 1.75. The van der Waals surface area contributed by atoms with E-state index in [9.17, 15) is 9.59 Å². The summed E-state index contributed by atoms with van der Waals surface area (Å²) in [5.74, 6) is 1.28. The standard InChI is InChI=1S/C15H23N5O2/c1-4-19(5-2)15(22)13-10-14(17-12(3)16-13)20-8-6-18(11-21)7-9-20/h10-11H,4-9H2,1-3H3. The molecule has 2 heterocycles. The van der Waals surface area contributed by atoms with Gasteiger partial charge in [-0.3, -0.25) is 9.59 Å². The van der Waals surface area contributed by atoms with Crippen LogP contribution in [-0.2, 0) is 4.79 Å². The molecule has 120 valence electrons. The SMILES string of the molecule is CCN(CC)C(=O)c1cc(N2CCN(C=O)CC2)nc(C)n1. The molecule has 1 aromatic rings. The molecule has 1 aliphatic rings. The van der Waals surface area contributed by atoms with E-state index in [0.717, 1.165) is 12.2 Å². The fourth-order valence-electron chi connectivity index (χ4n) is 2.55. The number of amides is 2. The minimum Gasteiger partial charge on any atom is -0.353 e. The number of hydrogen-bond donors (Lipinski definition) is 0. The maximum atomic E-state index is 12.5. The average molecular weight is 305 g/mol. The van der Waals surface area contributed by atoms with Crippen molar-refractivity contribution in [2.24, 2.45) is 0 Å². The number of piperazine rings is 1. The van der Waals surface area contributed by atoms with Crippen LogP contribution in [-0.4, -0.2) is 71.4 Å². The highest BCUT2D eigenvalue weighted by atomic mass is 16.2. The molecule has 0 atom stereocenters. The lowest BCUT2D eigenvalue weighted by molar-refractivity contribution is -0.118. The molecular weight excluding hydrogens is 282 g/mol. The van der Waals surface area contributed by atoms with Gasteiger partial charge in [-0.15, -0.1) is 0 Å². The molecule has 0 bridgehead atoms. The first-order valence-electron chi connectivity index (χ1n) is 7.68. The molecule has 2 rings (SSSR count). The maximum absolute atomic E-state index is 12.5. The lowest BCUT2D eigenvalue weighted by Crippen LogP contribution is -2.46. The molecule has 1 saturated heterocycles. The molecule has 0 saturated carbocycles. The van der Waals surface area contributed by atoms with Crippen LogP contribution in [0.25, 0.3) is 0 Å². The molecule has 7 nitrogen and oxygen atoms in total. The van der Waals surface area contributed by atoms with Gasteiger partial charge in [0.05, 0.1) is 0 Å². The van der Waals surface area contributed by atoms with Crippen molar-refractivity contribution in [3.63, 3.8) is 0 Å². The summed E-state index contributed by atoms with van der Waals surface area (Å²) >= 11 is 0. The Hall–Kier alpha value is -2.18. The summed E-state index contributed by atoms with van der Waals surface area (Å²) in [5, 5.41) is 0. The van der Waals surface area contributed by atoms with Gasteiger partial charge >= 0.3 is 0 Å². The zero-order valence-electron chi connectivity index (χ0n) is 13.4. The highest BCUT2D eigenvalue weighted by Gasteiger charge is 2.20. The number of nitrogens with zero attached hydrogens (tertiary/aromatic N) is 5. The van der Waals surface area contributed by atoms with E-state index in [4.69, 9.17) is 0 Å². The summed E-state index contributed by atoms with van der Waals surface area (Å²) in [6.07, 6.45) is 0.873. The molecule has 0 aliphatic carbocycles. The second kappa shape index (κ2) is 7.20. The van der Waals surface area contributed by atoms with Crippen LogP contribution < -0.4 is 4.90 Å². The van der Waals surface area contributed by atoms with Gasteiger partial charge in [-0.25, -0.2) is 9.97 Å². The average Bonchev–Trinajstić information content (AvgIpc) is 2.55. The first-order chi connectivity index (χ1) is 10.6. The minimum absolute atomic E-state index is 0.0664. The fraction of sp³-hybridized carbons (Fsp3) is 0.600. The Labute approximate surface area is 130 Å². The smallest absolute Gasteiger partial charge is 0.272 e. The van der Waals surface area contributed by atoms with Crippen molar-refractivity contribution in [3.8, 4) is 0 Å². The summed E-state index contributed by atoms with van der Waals surface area (Å²) in [4.78, 5) is 37.5. The van der Waals surface area contributed by atoms with Gasteiger partial charge < -0.3 is 14.7 Å². The highest BCUT2D eigenvalue weighted by molar-refractivity contribution is 5.93. The Bertz CT molecular complexity index is 537. The van der Waals surface area contributed by atoms with Crippen molar-refractivity contribution < 1.29 is 9.59 Å². The van der Waals surface area contributed by atoms with Gasteiger partial charge in [-0.1, -0.05) is 0 Å². The van der Waals surface area contributed by atoms with Crippen LogP contribution in [0.5, 0.6) is 0 Å². The zero-order chi connectivity index (χ0) is 16.1. The number of aromatic nitrogens is 2. The second-order valence-corrected chi connectivity index (χ2v) is 5.26. The van der Waals surface area contributed by atoms with Crippen LogP contribution in [0.15, 0.2) is 6.07 Å². The van der Waals surface area contributed by atoms with Crippen LogP contribution in [0.4, 0.5) is 5.82 Å². The maximum Gasteiger partial charge on any atom is 0.272 e. The molecule has 0 N–H and O–H groups in total. The molecule has 0 aromatic carbocycles. The molecule has 2 amide bonds. The Kier molecular flexibility index (Phi) is 5.30. The zero-order valence-corrected chi connectivity index (χ0v) is 13.4. The molecule has 0 radical (unpaired) electrons. The summed E-state index contributed by atoms with van der Waals surface area (Å²) in [7, 11) is 0. The third kappa shape index (κ3) is 3.52. The number of carbonyl (C=O) groups excluding carboxylic acids is 2. The second-order valence-electron chi connectivity index (χ2n) is 5.26. The molecule has 0 spiro atoms. The summed E-state index contributed by atoms with van der Waals surface area (Å²) in [5.41, 5.74) is 0.434. The molecule has 1 aromatic heterocycles. The monoisotopic (exact) mass is 305 g/mol. The predicted molar refractivity (Wildman–Crippen MR) is 83.9 cm³/mol. The van der Waals surface area contributed by atoms with E-state index in [-0.39, 0.29) is 5.91 Å². The van der Waals surface area contributed by atoms with E-state index < -0.39 is 0 Å². The third-order valence-corrected chi connectivity index (χ3v) is 3.88. The van der Waals surface area contributed by atoms with Crippen molar-refractivity contribution in [3.05, 3.63) is 17.6 Å². The van der Waals surface area contributed by atoms with Crippen molar-refractivity contribution in [2.75, 3.05) is 44.2 Å². The Balaban J connectivity index is 2.20. The third-order valence-electron chi connectivity index (χ3n) is 3.88. The minimum atomic E-state index is -0.0664. The van der Waals surface area contributed by atoms with Crippen LogP contribution in [0, 0.1) is 6.92 Å². The van der Waals surface area contributed by atoms with Gasteiger partial charge in [0.1, 0.15) is 17.3 Å². The topological polar surface area (TPSA) is 69.6 Å². The molecule has 0 unspecified atom stereocenters. The normalized spacial score (nSPS) is 14.9. The molecule has 22 heavy (non-hydrogen) atoms. The Morgan fingerprint density at radius 3 is 2.41 bits per heavy atom. The van der Waals surface area contributed by atoms with E-state index in [1.807, 2.05) is 13.8 Å². The summed E-state index contributed by atoms with van der Waals surface area (Å²) in [6.45, 7) is 9.80. The first-order valence-corrected chi connectivity index (χ1v) is 7.68. The van der Waals surface area contributed by atoms with Crippen molar-refractivity contribution in [1.82, 2.24) is 19.8 Å². The highest BCUT2D eigenvalue weighted by Crippen LogP contribution is 2.16. The van der Waals surface area contributed by atoms with Gasteiger partial charge in [-0.05, 0) is 20.8 Å². The molecule has 1 aliphatic heterocycles. The lowest BCUT2D eigenvalue weighted by Gasteiger charge is -2.33. The van der Waals surface area contributed by atoms with Gasteiger partial charge in [0.2, 0.25) is 6.41 Å². The number of anilines is 1. The number of carbonyl (C=O) groups is 2. The van der Waals surface area contributed by atoms with Crippen LogP contribution in [0.2, 0.25) is 0 Å². The van der Waals surface area contributed by atoms with Crippen LogP contribution in [0.3, 0.4) is 0 Å². The van der Waals surface area contributed by atoms with E-state index in [1.165, 1.54) is 0 Å². The van der Waals surface area contributed by atoms with Crippen molar-refractivity contribution in [1.29, 1.82) is 0 Å². The number of aryl methyl sites for hydroxylation is 1. The fourth-order valence-corrected chi connectivity index (χ4v) is 2.55. The van der Waals surface area contributed by atoms with E-state index in [2.05, 4.69) is 14.9 Å². The van der Waals surface area contributed by atoms with Crippen molar-refractivity contribution >= 4 is 18.1 Å². The molecule has 7 heteroatoms. The lowest BCUT2D eigenvalue weighted by atomic mass is 10.2. The van der Waals surface area contributed by atoms with E-state index in [0.29, 0.717) is 50.8 Å². The molecule has 1 fully saturated rings. The van der Waals surface area contributed by atoms with Crippen LogP contribution in [0.1, 0.15) is 30.2 Å². The first kappa shape index (κ1) is 16.2. The van der Waals surface area contributed by atoms with Gasteiger partial charge in [-0.2, -0.15) is 0 Å². The predicted octanol–water partition coefficient (Wildman–Crippen LogP) is 0.545. The quantitative estimate of drug-likeness (QED) is 0.743. The Morgan fingerprint density at radius 2 is 1.86 bits per heavy atom. The van der Waals surface area contributed by atoms with E-state index >= 15 is 0 Å². The van der Waals surface area contributed by atoms with Gasteiger partial charge in [0.25, 0.3) is 5.91 Å². The summed E-state index contributed by atoms with van der Waals surface area (Å²) < 4.78 is 0.